The topological polar surface area (TPSA) is 46.5 Å². The molecule has 0 spiro atoms. The minimum atomic E-state index is -0.0403. The Labute approximate surface area is 109 Å². The molecule has 0 aliphatic heterocycles. The van der Waals surface area contributed by atoms with Gasteiger partial charge in [0.15, 0.2) is 5.78 Å². The van der Waals surface area contributed by atoms with Crippen LogP contribution in [-0.4, -0.2) is 24.1 Å². The second-order valence-corrected chi connectivity index (χ2v) is 5.34. The van der Waals surface area contributed by atoms with Crippen LogP contribution in [0.1, 0.15) is 50.0 Å². The first-order valence-electron chi connectivity index (χ1n) is 6.31. The lowest BCUT2D eigenvalue weighted by atomic mass is 9.85. The predicted molar refractivity (Wildman–Crippen MR) is 72.3 cm³/mol. The third-order valence-electron chi connectivity index (χ3n) is 2.78. The predicted octanol–water partition coefficient (Wildman–Crippen LogP) is 2.95. The van der Waals surface area contributed by atoms with Crippen molar-refractivity contribution in [2.45, 2.75) is 39.5 Å². The molecule has 0 unspecified atom stereocenters. The maximum Gasteiger partial charge on any atom is 0.162 e. The highest BCUT2D eigenvalue weighted by atomic mass is 16.5. The van der Waals surface area contributed by atoms with Crippen LogP contribution in [0, 0.1) is 0 Å². The number of hydrogen-bond acceptors (Lipinski definition) is 3. The number of aliphatic hydroxyl groups is 1. The zero-order chi connectivity index (χ0) is 13.8. The number of aliphatic hydroxyl groups excluding tert-OH is 1. The summed E-state index contributed by atoms with van der Waals surface area (Å²) in [6.07, 6.45) is 0.479. The van der Waals surface area contributed by atoms with E-state index in [0.717, 1.165) is 5.56 Å². The lowest BCUT2D eigenvalue weighted by Crippen LogP contribution is -2.13. The van der Waals surface area contributed by atoms with Gasteiger partial charge >= 0.3 is 0 Å². The van der Waals surface area contributed by atoms with E-state index in [0.29, 0.717) is 17.7 Å². The molecule has 0 aliphatic carbocycles. The molecule has 0 aliphatic rings. The molecule has 3 nitrogen and oxygen atoms in total. The Morgan fingerprint density at radius 1 is 1.28 bits per heavy atom. The van der Waals surface area contributed by atoms with E-state index in [2.05, 4.69) is 20.8 Å². The van der Waals surface area contributed by atoms with Gasteiger partial charge < -0.3 is 9.84 Å². The zero-order valence-electron chi connectivity index (χ0n) is 11.6. The Kier molecular flexibility index (Phi) is 4.91. The quantitative estimate of drug-likeness (QED) is 0.817. The van der Waals surface area contributed by atoms with Crippen LogP contribution in [-0.2, 0) is 5.41 Å². The summed E-state index contributed by atoms with van der Waals surface area (Å²) in [5.74, 6) is 0.753. The van der Waals surface area contributed by atoms with Crippen LogP contribution in [0.25, 0.3) is 0 Å². The summed E-state index contributed by atoms with van der Waals surface area (Å²) in [7, 11) is 0. The van der Waals surface area contributed by atoms with Gasteiger partial charge in [0, 0.05) is 12.0 Å². The van der Waals surface area contributed by atoms with Crippen molar-refractivity contribution in [1.29, 1.82) is 0 Å². The van der Waals surface area contributed by atoms with Gasteiger partial charge in [0.2, 0.25) is 0 Å². The SMILES string of the molecule is CCC(=O)c1cc(OCCO)cc(C(C)(C)C)c1. The Hall–Kier alpha value is -1.35. The average Bonchev–Trinajstić information content (AvgIpc) is 2.33. The van der Waals surface area contributed by atoms with Crippen LogP contribution < -0.4 is 4.74 Å². The molecule has 1 N–H and O–H groups in total. The maximum absolute atomic E-state index is 11.8. The highest BCUT2D eigenvalue weighted by Gasteiger charge is 2.17. The molecule has 0 heterocycles. The van der Waals surface area contributed by atoms with Crippen LogP contribution in [0.2, 0.25) is 0 Å². The number of benzene rings is 1. The Morgan fingerprint density at radius 3 is 2.44 bits per heavy atom. The fourth-order valence-electron chi connectivity index (χ4n) is 1.64. The first kappa shape index (κ1) is 14.7. The molecule has 0 bridgehead atoms. The molecule has 1 aromatic carbocycles. The molecule has 0 saturated carbocycles. The van der Waals surface area contributed by atoms with Gasteiger partial charge in [-0.3, -0.25) is 4.79 Å². The molecule has 18 heavy (non-hydrogen) atoms. The largest absolute Gasteiger partial charge is 0.491 e. The third-order valence-corrected chi connectivity index (χ3v) is 2.78. The highest BCUT2D eigenvalue weighted by Crippen LogP contribution is 2.28. The molecule has 100 valence electrons. The first-order valence-corrected chi connectivity index (χ1v) is 6.31. The van der Waals surface area contributed by atoms with E-state index < -0.39 is 0 Å². The van der Waals surface area contributed by atoms with Crippen LogP contribution in [0.15, 0.2) is 18.2 Å². The summed E-state index contributed by atoms with van der Waals surface area (Å²) in [5, 5.41) is 8.79. The Balaban J connectivity index is 3.16. The van der Waals surface area contributed by atoms with E-state index in [1.165, 1.54) is 0 Å². The van der Waals surface area contributed by atoms with Gasteiger partial charge in [-0.15, -0.1) is 0 Å². The number of ether oxygens (including phenoxy) is 1. The van der Waals surface area contributed by atoms with Crippen molar-refractivity contribution in [1.82, 2.24) is 0 Å². The molecule has 1 rings (SSSR count). The van der Waals surface area contributed by atoms with Gasteiger partial charge in [-0.1, -0.05) is 27.7 Å². The van der Waals surface area contributed by atoms with E-state index in [9.17, 15) is 4.79 Å². The fourth-order valence-corrected chi connectivity index (χ4v) is 1.64. The summed E-state index contributed by atoms with van der Waals surface area (Å²) in [6, 6.07) is 5.61. The van der Waals surface area contributed by atoms with Gasteiger partial charge in [0.05, 0.1) is 6.61 Å². The molecular formula is C15H22O3. The first-order chi connectivity index (χ1) is 8.38. The second kappa shape index (κ2) is 6.01. The molecule has 0 fully saturated rings. The maximum atomic E-state index is 11.8. The smallest absolute Gasteiger partial charge is 0.162 e. The van der Waals surface area contributed by atoms with Crippen molar-refractivity contribution < 1.29 is 14.6 Å². The number of Topliss-reactive ketones (excluding diaryl/α,β-unsaturated/α-hetero) is 1. The number of carbonyl (C=O) groups excluding carboxylic acids is 1. The third kappa shape index (κ3) is 3.84. The monoisotopic (exact) mass is 250 g/mol. The van der Waals surface area contributed by atoms with Crippen LogP contribution >= 0.6 is 0 Å². The average molecular weight is 250 g/mol. The van der Waals surface area contributed by atoms with Crippen molar-refractivity contribution in [2.24, 2.45) is 0 Å². The lowest BCUT2D eigenvalue weighted by molar-refractivity contribution is 0.0987. The molecule has 0 amide bonds. The molecule has 0 saturated heterocycles. The zero-order valence-corrected chi connectivity index (χ0v) is 11.6. The van der Waals surface area contributed by atoms with Crippen LogP contribution in [0.4, 0.5) is 0 Å². The van der Waals surface area contributed by atoms with Gasteiger partial charge in [0.25, 0.3) is 0 Å². The van der Waals surface area contributed by atoms with Gasteiger partial charge in [-0.05, 0) is 29.2 Å². The van der Waals surface area contributed by atoms with Crippen molar-refractivity contribution in [2.75, 3.05) is 13.2 Å². The van der Waals surface area contributed by atoms with E-state index >= 15 is 0 Å². The Bertz CT molecular complexity index is 416. The van der Waals surface area contributed by atoms with Crippen molar-refractivity contribution >= 4 is 5.78 Å². The van der Waals surface area contributed by atoms with Crippen LogP contribution in [0.3, 0.4) is 0 Å². The van der Waals surface area contributed by atoms with Crippen LogP contribution in [0.5, 0.6) is 5.75 Å². The van der Waals surface area contributed by atoms with E-state index in [1.54, 1.807) is 6.07 Å². The number of hydrogen-bond donors (Lipinski definition) is 1. The fraction of sp³-hybridized carbons (Fsp3) is 0.533. The summed E-state index contributed by atoms with van der Waals surface area (Å²) in [5.41, 5.74) is 1.70. The van der Waals surface area contributed by atoms with E-state index in [1.807, 2.05) is 19.1 Å². The van der Waals surface area contributed by atoms with E-state index in [-0.39, 0.29) is 24.4 Å². The summed E-state index contributed by atoms with van der Waals surface area (Å²) in [6.45, 7) is 8.35. The minimum Gasteiger partial charge on any atom is -0.491 e. The molecule has 3 heteroatoms. The molecule has 0 atom stereocenters. The summed E-state index contributed by atoms with van der Waals surface area (Å²) in [4.78, 5) is 11.8. The summed E-state index contributed by atoms with van der Waals surface area (Å²) < 4.78 is 5.42. The number of rotatable bonds is 5. The highest BCUT2D eigenvalue weighted by molar-refractivity contribution is 5.96. The number of ketones is 1. The molecule has 1 aromatic rings. The summed E-state index contributed by atoms with van der Waals surface area (Å²) >= 11 is 0. The minimum absolute atomic E-state index is 0.0309. The lowest BCUT2D eigenvalue weighted by Gasteiger charge is -2.21. The van der Waals surface area contributed by atoms with Gasteiger partial charge in [0.1, 0.15) is 12.4 Å². The standard InChI is InChI=1S/C15H22O3/c1-5-14(17)11-8-12(15(2,3)4)10-13(9-11)18-7-6-16/h8-10,16H,5-7H2,1-4H3. The van der Waals surface area contributed by atoms with Crippen molar-refractivity contribution in [3.8, 4) is 5.75 Å². The van der Waals surface area contributed by atoms with Crippen molar-refractivity contribution in [3.63, 3.8) is 0 Å². The Morgan fingerprint density at radius 2 is 1.94 bits per heavy atom. The second-order valence-electron chi connectivity index (χ2n) is 5.34. The molecular weight excluding hydrogens is 228 g/mol. The normalized spacial score (nSPS) is 11.4. The van der Waals surface area contributed by atoms with Gasteiger partial charge in [-0.2, -0.15) is 0 Å². The van der Waals surface area contributed by atoms with Crippen molar-refractivity contribution in [3.05, 3.63) is 29.3 Å². The van der Waals surface area contributed by atoms with E-state index in [4.69, 9.17) is 9.84 Å². The molecule has 0 radical (unpaired) electrons. The van der Waals surface area contributed by atoms with Gasteiger partial charge in [-0.25, -0.2) is 0 Å². The number of carbonyl (C=O) groups is 1. The molecule has 0 aromatic heterocycles.